The topological polar surface area (TPSA) is 60.0 Å². The quantitative estimate of drug-likeness (QED) is 0.441. The Kier molecular flexibility index (Phi) is 5.20. The normalized spacial score (nSPS) is 13.2. The molecule has 3 aromatic carbocycles. The van der Waals surface area contributed by atoms with Crippen molar-refractivity contribution in [2.24, 2.45) is 0 Å². The van der Waals surface area contributed by atoms with Gasteiger partial charge in [-0.05, 0) is 40.8 Å². The average Bonchev–Trinajstić information content (AvgIpc) is 3.37. The molecule has 5 heteroatoms. The van der Waals surface area contributed by atoms with Crippen LogP contribution in [0.25, 0.3) is 11.0 Å². The molecule has 0 radical (unpaired) electrons. The minimum Gasteiger partial charge on any atom is -0.493 e. The lowest BCUT2D eigenvalue weighted by atomic mass is 9.83. The fourth-order valence-electron chi connectivity index (χ4n) is 4.64. The zero-order valence-electron chi connectivity index (χ0n) is 19.4. The van der Waals surface area contributed by atoms with Gasteiger partial charge >= 0.3 is 0 Å². The lowest BCUT2D eigenvalue weighted by Gasteiger charge is -2.23. The van der Waals surface area contributed by atoms with Gasteiger partial charge in [0.15, 0.2) is 5.78 Å². The molecule has 33 heavy (non-hydrogen) atoms. The van der Waals surface area contributed by atoms with Gasteiger partial charge in [0.05, 0.1) is 30.7 Å². The van der Waals surface area contributed by atoms with Crippen molar-refractivity contribution >= 4 is 16.8 Å². The summed E-state index contributed by atoms with van der Waals surface area (Å²) in [5.74, 6) is 0.948. The van der Waals surface area contributed by atoms with E-state index < -0.39 is 0 Å². The van der Waals surface area contributed by atoms with Crippen LogP contribution in [-0.4, -0.2) is 21.5 Å². The van der Waals surface area contributed by atoms with Crippen LogP contribution in [0.1, 0.15) is 47.8 Å². The summed E-state index contributed by atoms with van der Waals surface area (Å²) >= 11 is 0. The summed E-state index contributed by atoms with van der Waals surface area (Å²) in [4.78, 5) is 13.5. The number of aromatic nitrogens is 2. The van der Waals surface area contributed by atoms with Crippen molar-refractivity contribution in [1.29, 1.82) is 5.41 Å². The van der Waals surface area contributed by atoms with Crippen molar-refractivity contribution in [1.82, 2.24) is 9.13 Å². The van der Waals surface area contributed by atoms with E-state index in [4.69, 9.17) is 10.1 Å². The molecule has 1 aromatic heterocycles. The van der Waals surface area contributed by atoms with Crippen molar-refractivity contribution in [3.63, 3.8) is 0 Å². The highest BCUT2D eigenvalue weighted by Crippen LogP contribution is 2.38. The number of nitrogens with zero attached hydrogens (tertiary/aromatic N) is 2. The van der Waals surface area contributed by atoms with Gasteiger partial charge in [-0.15, -0.1) is 0 Å². The van der Waals surface area contributed by atoms with Crippen molar-refractivity contribution in [2.75, 3.05) is 6.61 Å². The number of ether oxygens (including phenoxy) is 1. The van der Waals surface area contributed by atoms with Gasteiger partial charge in [-0.3, -0.25) is 10.2 Å². The number of hydrogen-bond donors (Lipinski definition) is 1. The molecular weight excluding hydrogens is 410 g/mol. The van der Waals surface area contributed by atoms with Crippen LogP contribution >= 0.6 is 0 Å². The molecule has 0 spiro atoms. The Balaban J connectivity index is 1.55. The zero-order valence-corrected chi connectivity index (χ0v) is 19.4. The maximum Gasteiger partial charge on any atom is 0.203 e. The van der Waals surface area contributed by atoms with Crippen molar-refractivity contribution < 1.29 is 9.53 Å². The van der Waals surface area contributed by atoms with Gasteiger partial charge in [-0.2, -0.15) is 0 Å². The van der Waals surface area contributed by atoms with Gasteiger partial charge in [-0.25, -0.2) is 0 Å². The molecule has 168 valence electrons. The Bertz CT molecular complexity index is 1410. The molecular formula is C28H29N3O2. The highest BCUT2D eigenvalue weighted by molar-refractivity contribution is 5.97. The van der Waals surface area contributed by atoms with Gasteiger partial charge in [-0.1, -0.05) is 63.2 Å². The predicted molar refractivity (Wildman–Crippen MR) is 130 cm³/mol. The molecule has 1 aliphatic heterocycles. The van der Waals surface area contributed by atoms with E-state index in [1.165, 1.54) is 0 Å². The van der Waals surface area contributed by atoms with E-state index in [2.05, 4.69) is 32.9 Å². The Morgan fingerprint density at radius 2 is 1.64 bits per heavy atom. The second kappa shape index (κ2) is 8.07. The van der Waals surface area contributed by atoms with Crippen LogP contribution in [0.15, 0.2) is 66.7 Å². The molecule has 0 atom stereocenters. The number of imidazole rings is 1. The molecule has 1 N–H and O–H groups in total. The number of hydrogen-bond acceptors (Lipinski definition) is 3. The molecule has 0 bridgehead atoms. The van der Waals surface area contributed by atoms with Gasteiger partial charge in [0, 0.05) is 17.5 Å². The van der Waals surface area contributed by atoms with Crippen LogP contribution in [0.3, 0.4) is 0 Å². The summed E-state index contributed by atoms with van der Waals surface area (Å²) in [6.07, 6.45) is 0.826. The molecule has 0 unspecified atom stereocenters. The molecule has 0 saturated carbocycles. The summed E-state index contributed by atoms with van der Waals surface area (Å²) in [5.41, 5.74) is 6.05. The second-order valence-electron chi connectivity index (χ2n) is 9.75. The number of carbonyl (C=O) groups is 1. The summed E-state index contributed by atoms with van der Waals surface area (Å²) in [6, 6.07) is 22.0. The number of benzene rings is 3. The minimum atomic E-state index is -0.121. The Hall–Kier alpha value is -3.60. The molecule has 0 aliphatic carbocycles. The highest BCUT2D eigenvalue weighted by Gasteiger charge is 2.27. The predicted octanol–water partition coefficient (Wildman–Crippen LogP) is 5.09. The van der Waals surface area contributed by atoms with E-state index >= 15 is 0 Å². The van der Waals surface area contributed by atoms with E-state index in [0.29, 0.717) is 24.3 Å². The number of carbonyl (C=O) groups excluding carboxylic acids is 1. The molecule has 5 rings (SSSR count). The monoisotopic (exact) mass is 439 g/mol. The highest BCUT2D eigenvalue weighted by atomic mass is 16.5. The number of Topliss-reactive ketones (excluding diaryl/α,β-unsaturated/α-hetero) is 1. The van der Waals surface area contributed by atoms with E-state index in [1.54, 1.807) is 0 Å². The summed E-state index contributed by atoms with van der Waals surface area (Å²) in [6.45, 7) is 7.82. The fourth-order valence-corrected chi connectivity index (χ4v) is 4.64. The van der Waals surface area contributed by atoms with Crippen molar-refractivity contribution in [3.05, 3.63) is 94.6 Å². The molecule has 0 fully saturated rings. The van der Waals surface area contributed by atoms with Gasteiger partial charge in [0.2, 0.25) is 5.62 Å². The number of nitrogens with one attached hydrogen (secondary N) is 1. The maximum absolute atomic E-state index is 13.5. The second-order valence-corrected chi connectivity index (χ2v) is 9.75. The number of rotatable bonds is 5. The van der Waals surface area contributed by atoms with E-state index in [0.717, 1.165) is 39.9 Å². The van der Waals surface area contributed by atoms with Crippen LogP contribution in [-0.2, 0) is 24.9 Å². The van der Waals surface area contributed by atoms with Gasteiger partial charge < -0.3 is 13.9 Å². The lowest BCUT2D eigenvalue weighted by molar-refractivity contribution is 0.0971. The lowest BCUT2D eigenvalue weighted by Crippen LogP contribution is -2.28. The van der Waals surface area contributed by atoms with Crippen LogP contribution in [0.4, 0.5) is 0 Å². The zero-order chi connectivity index (χ0) is 23.2. The molecule has 0 amide bonds. The Labute approximate surface area is 193 Å². The van der Waals surface area contributed by atoms with E-state index in [9.17, 15) is 4.79 Å². The first-order valence-electron chi connectivity index (χ1n) is 11.4. The largest absolute Gasteiger partial charge is 0.493 e. The first kappa shape index (κ1) is 21.3. The minimum absolute atomic E-state index is 0.0105. The Morgan fingerprint density at radius 3 is 2.33 bits per heavy atom. The third-order valence-electron chi connectivity index (χ3n) is 6.37. The van der Waals surface area contributed by atoms with Crippen LogP contribution in [0, 0.1) is 5.41 Å². The van der Waals surface area contributed by atoms with Crippen LogP contribution in [0.2, 0.25) is 0 Å². The molecule has 2 heterocycles. The summed E-state index contributed by atoms with van der Waals surface area (Å²) in [5, 5.41) is 8.90. The summed E-state index contributed by atoms with van der Waals surface area (Å²) < 4.78 is 9.68. The van der Waals surface area contributed by atoms with Crippen LogP contribution < -0.4 is 10.4 Å². The van der Waals surface area contributed by atoms with Gasteiger partial charge in [0.1, 0.15) is 5.75 Å². The summed E-state index contributed by atoms with van der Waals surface area (Å²) in [7, 11) is 0. The first-order chi connectivity index (χ1) is 15.8. The van der Waals surface area contributed by atoms with Crippen molar-refractivity contribution in [3.8, 4) is 5.75 Å². The third-order valence-corrected chi connectivity index (χ3v) is 6.37. The number of ketones is 1. The average molecular weight is 440 g/mol. The number of fused-ring (bicyclic) bond motifs is 2. The van der Waals surface area contributed by atoms with Crippen molar-refractivity contribution in [2.45, 2.75) is 45.7 Å². The standard InChI is InChI=1S/C28H29N3O2/c1-28(2,3)22-16-21(15-20-13-14-33-26(20)22)25(32)18-31-24-12-8-7-11-23(24)30(27(31)29)17-19-9-5-4-6-10-19/h4-12,15-16,29H,13-14,17-18H2,1-3H3. The van der Waals surface area contributed by atoms with E-state index in [-0.39, 0.29) is 17.7 Å². The Morgan fingerprint density at radius 1 is 0.970 bits per heavy atom. The molecule has 4 aromatic rings. The first-order valence-corrected chi connectivity index (χ1v) is 11.4. The third kappa shape index (κ3) is 3.88. The van der Waals surface area contributed by atoms with Gasteiger partial charge in [0.25, 0.3) is 0 Å². The molecule has 1 aliphatic rings. The SMILES string of the molecule is CC(C)(C)c1cc(C(=O)Cn2c(=N)n(Cc3ccccc3)c3ccccc32)cc2c1OCC2. The fraction of sp³-hybridized carbons (Fsp3) is 0.286. The van der Waals surface area contributed by atoms with Crippen LogP contribution in [0.5, 0.6) is 5.75 Å². The molecule has 0 saturated heterocycles. The smallest absolute Gasteiger partial charge is 0.203 e. The number of para-hydroxylation sites is 2. The maximum atomic E-state index is 13.5. The van der Waals surface area contributed by atoms with E-state index in [1.807, 2.05) is 63.7 Å². The molecule has 5 nitrogen and oxygen atoms in total.